The maximum Gasteiger partial charge on any atom is 0.265 e. The minimum absolute atomic E-state index is 0.0854. The van der Waals surface area contributed by atoms with Crippen LogP contribution in [0.2, 0.25) is 0 Å². The molecule has 0 aliphatic carbocycles. The van der Waals surface area contributed by atoms with E-state index in [0.717, 1.165) is 18.4 Å². The summed E-state index contributed by atoms with van der Waals surface area (Å²) in [4.78, 5) is 16.7. The third kappa shape index (κ3) is 3.16. The summed E-state index contributed by atoms with van der Waals surface area (Å²) in [7, 11) is -2.21. The van der Waals surface area contributed by atoms with E-state index < -0.39 is 27.0 Å². The lowest BCUT2D eigenvalue weighted by Crippen LogP contribution is -2.22. The molecule has 1 aromatic carbocycles. The highest BCUT2D eigenvalue weighted by Crippen LogP contribution is 2.16. The van der Waals surface area contributed by atoms with Crippen molar-refractivity contribution in [2.45, 2.75) is 18.0 Å². The van der Waals surface area contributed by atoms with Gasteiger partial charge in [-0.3, -0.25) is 9.36 Å². The van der Waals surface area contributed by atoms with Crippen molar-refractivity contribution in [2.24, 2.45) is 7.05 Å². The van der Waals surface area contributed by atoms with Crippen LogP contribution in [0, 0.1) is 11.6 Å². The highest BCUT2D eigenvalue weighted by atomic mass is 32.2. The van der Waals surface area contributed by atoms with Crippen LogP contribution in [0.4, 0.5) is 8.78 Å². The van der Waals surface area contributed by atoms with Crippen LogP contribution in [0.3, 0.4) is 0 Å². The summed E-state index contributed by atoms with van der Waals surface area (Å²) in [6, 6.07) is 3.48. The topological polar surface area (TPSA) is 86.9 Å². The summed E-state index contributed by atoms with van der Waals surface area (Å²) in [5, 5.41) is 3.45. The van der Waals surface area contributed by atoms with Crippen LogP contribution < -0.4 is 5.56 Å². The number of hydrogen-bond acceptors (Lipinski definition) is 5. The molecule has 25 heavy (non-hydrogen) atoms. The van der Waals surface area contributed by atoms with E-state index in [1.165, 1.54) is 28.7 Å². The Bertz CT molecular complexity index is 1140. The van der Waals surface area contributed by atoms with Crippen molar-refractivity contribution >= 4 is 20.9 Å². The molecule has 0 aliphatic rings. The number of halogens is 2. The lowest BCUT2D eigenvalue weighted by atomic mass is 10.1. The Morgan fingerprint density at radius 3 is 2.56 bits per heavy atom. The molecule has 2 heterocycles. The van der Waals surface area contributed by atoms with Crippen molar-refractivity contribution < 1.29 is 17.2 Å². The molecule has 3 aromatic rings. The van der Waals surface area contributed by atoms with Gasteiger partial charge in [0.25, 0.3) is 5.56 Å². The predicted octanol–water partition coefficient (Wildman–Crippen LogP) is 1.05. The molecule has 7 nitrogen and oxygen atoms in total. The third-order valence-electron chi connectivity index (χ3n) is 3.76. The molecule has 0 unspecified atom stereocenters. The first-order chi connectivity index (χ1) is 11.7. The average Bonchev–Trinajstić information content (AvgIpc) is 2.88. The first-order valence-corrected chi connectivity index (χ1v) is 9.14. The van der Waals surface area contributed by atoms with E-state index in [1.54, 1.807) is 0 Å². The molecule has 0 saturated carbocycles. The largest absolute Gasteiger partial charge is 0.298 e. The Morgan fingerprint density at radius 1 is 1.20 bits per heavy atom. The van der Waals surface area contributed by atoms with Crippen molar-refractivity contribution in [3.63, 3.8) is 0 Å². The van der Waals surface area contributed by atoms with Gasteiger partial charge >= 0.3 is 0 Å². The second-order valence-corrected chi connectivity index (χ2v) is 7.57. The standard InChI is InChI=1S/C15H14F2N4O3S/c1-20-13-12(14(19-20)25(2,23)24)15(22)21(8-18-13)6-5-9-3-4-10(16)11(17)7-9/h3-4,7-8H,5-6H2,1-2H3. The van der Waals surface area contributed by atoms with E-state index >= 15 is 0 Å². The Kier molecular flexibility index (Phi) is 4.15. The van der Waals surface area contributed by atoms with Crippen LogP contribution >= 0.6 is 0 Å². The van der Waals surface area contributed by atoms with Crippen LogP contribution in [0.5, 0.6) is 0 Å². The lowest BCUT2D eigenvalue weighted by Gasteiger charge is -2.06. The molecular weight excluding hydrogens is 354 g/mol. The maximum absolute atomic E-state index is 13.2. The van der Waals surface area contributed by atoms with E-state index in [9.17, 15) is 22.0 Å². The van der Waals surface area contributed by atoms with Crippen LogP contribution in [-0.2, 0) is 29.9 Å². The van der Waals surface area contributed by atoms with Crippen LogP contribution in [0.15, 0.2) is 34.3 Å². The van der Waals surface area contributed by atoms with Crippen molar-refractivity contribution in [1.82, 2.24) is 19.3 Å². The van der Waals surface area contributed by atoms with Crippen LogP contribution in [-0.4, -0.2) is 34.0 Å². The normalized spacial score (nSPS) is 12.0. The summed E-state index contributed by atoms with van der Waals surface area (Å²) in [5.74, 6) is -1.91. The molecule has 10 heteroatoms. The molecule has 3 rings (SSSR count). The number of fused-ring (bicyclic) bond motifs is 1. The Morgan fingerprint density at radius 2 is 1.92 bits per heavy atom. The third-order valence-corrected chi connectivity index (χ3v) is 4.74. The maximum atomic E-state index is 13.2. The van der Waals surface area contributed by atoms with Crippen molar-refractivity contribution in [3.05, 3.63) is 52.1 Å². The molecular formula is C15H14F2N4O3S. The van der Waals surface area contributed by atoms with Gasteiger partial charge in [0, 0.05) is 19.8 Å². The highest BCUT2D eigenvalue weighted by molar-refractivity contribution is 7.90. The fraction of sp³-hybridized carbons (Fsp3) is 0.267. The number of aryl methyl sites for hydroxylation is 3. The Balaban J connectivity index is 2.01. The predicted molar refractivity (Wildman–Crippen MR) is 85.9 cm³/mol. The molecule has 2 aromatic heterocycles. The van der Waals surface area contributed by atoms with E-state index in [2.05, 4.69) is 10.1 Å². The van der Waals surface area contributed by atoms with Gasteiger partial charge in [-0.25, -0.2) is 26.9 Å². The van der Waals surface area contributed by atoms with Gasteiger partial charge < -0.3 is 0 Å². The molecule has 0 aliphatic heterocycles. The minimum atomic E-state index is -3.70. The average molecular weight is 368 g/mol. The summed E-state index contributed by atoms with van der Waals surface area (Å²) >= 11 is 0. The summed E-state index contributed by atoms with van der Waals surface area (Å²) in [5.41, 5.74) is 0.107. The molecule has 132 valence electrons. The minimum Gasteiger partial charge on any atom is -0.298 e. The smallest absolute Gasteiger partial charge is 0.265 e. The summed E-state index contributed by atoms with van der Waals surface area (Å²) in [6.45, 7) is 0.130. The molecule has 0 radical (unpaired) electrons. The molecule has 0 amide bonds. The number of aromatic nitrogens is 4. The van der Waals surface area contributed by atoms with E-state index in [4.69, 9.17) is 0 Å². The Hall–Kier alpha value is -2.62. The SMILES string of the molecule is Cn1nc(S(C)(=O)=O)c2c(=O)n(CCc3ccc(F)c(F)c3)cnc21. The van der Waals surface area contributed by atoms with Crippen molar-refractivity contribution in [1.29, 1.82) is 0 Å². The summed E-state index contributed by atoms with van der Waals surface area (Å²) in [6.07, 6.45) is 2.49. The molecule has 0 atom stereocenters. The van der Waals surface area contributed by atoms with Crippen LogP contribution in [0.1, 0.15) is 5.56 Å². The van der Waals surface area contributed by atoms with Gasteiger partial charge in [0.15, 0.2) is 32.1 Å². The van der Waals surface area contributed by atoms with Crippen molar-refractivity contribution in [3.8, 4) is 0 Å². The van der Waals surface area contributed by atoms with E-state index in [-0.39, 0.29) is 29.0 Å². The van der Waals surface area contributed by atoms with Gasteiger partial charge in [-0.1, -0.05) is 6.07 Å². The first-order valence-electron chi connectivity index (χ1n) is 7.24. The zero-order valence-corrected chi connectivity index (χ0v) is 14.2. The molecule has 0 N–H and O–H groups in total. The Labute approximate surface area is 141 Å². The number of rotatable bonds is 4. The molecule has 0 bridgehead atoms. The van der Waals surface area contributed by atoms with Crippen molar-refractivity contribution in [2.75, 3.05) is 6.26 Å². The van der Waals surface area contributed by atoms with Gasteiger partial charge in [-0.05, 0) is 24.1 Å². The van der Waals surface area contributed by atoms with Gasteiger partial charge in [0.05, 0.1) is 6.33 Å². The monoisotopic (exact) mass is 368 g/mol. The fourth-order valence-electron chi connectivity index (χ4n) is 2.51. The van der Waals surface area contributed by atoms with Crippen LogP contribution in [0.25, 0.3) is 11.0 Å². The molecule has 0 fully saturated rings. The second-order valence-electron chi connectivity index (χ2n) is 5.64. The second kappa shape index (κ2) is 6.03. The van der Waals surface area contributed by atoms with E-state index in [1.807, 2.05) is 0 Å². The summed E-state index contributed by atoms with van der Waals surface area (Å²) < 4.78 is 52.3. The first kappa shape index (κ1) is 17.2. The number of benzene rings is 1. The quantitative estimate of drug-likeness (QED) is 0.687. The number of nitrogens with zero attached hydrogens (tertiary/aromatic N) is 4. The zero-order chi connectivity index (χ0) is 18.4. The van der Waals surface area contributed by atoms with Gasteiger partial charge in [-0.2, -0.15) is 5.10 Å². The molecule has 0 saturated heterocycles. The molecule has 0 spiro atoms. The lowest BCUT2D eigenvalue weighted by molar-refractivity contribution is 0.506. The van der Waals surface area contributed by atoms with Gasteiger partial charge in [0.2, 0.25) is 0 Å². The number of sulfone groups is 1. The zero-order valence-electron chi connectivity index (χ0n) is 13.4. The fourth-order valence-corrected chi connectivity index (χ4v) is 3.33. The highest BCUT2D eigenvalue weighted by Gasteiger charge is 2.22. The number of hydrogen-bond donors (Lipinski definition) is 0. The van der Waals surface area contributed by atoms with Gasteiger partial charge in [0.1, 0.15) is 5.39 Å². The van der Waals surface area contributed by atoms with E-state index in [0.29, 0.717) is 5.56 Å². The van der Waals surface area contributed by atoms with Gasteiger partial charge in [-0.15, -0.1) is 0 Å².